The smallest absolute Gasteiger partial charge is 0.269 e. The molecule has 6 heteroatoms. The Morgan fingerprint density at radius 2 is 2.39 bits per heavy atom. The van der Waals surface area contributed by atoms with Gasteiger partial charge in [0.1, 0.15) is 11.5 Å². The molecule has 2 aromatic heterocycles. The zero-order chi connectivity index (χ0) is 12.5. The normalized spacial score (nSPS) is 13.6. The second kappa shape index (κ2) is 4.45. The number of anilines is 1. The second-order valence-corrected chi connectivity index (χ2v) is 5.63. The number of carbonyl (C=O) groups excluding carboxylic acids is 1. The lowest BCUT2D eigenvalue weighted by molar-refractivity contribution is 0.0946. The van der Waals surface area contributed by atoms with E-state index >= 15 is 0 Å². The summed E-state index contributed by atoms with van der Waals surface area (Å²) < 4.78 is 0. The third-order valence-electron chi connectivity index (χ3n) is 3.06. The second-order valence-electron chi connectivity index (χ2n) is 4.40. The number of hydrogen-bond acceptors (Lipinski definition) is 4. The Hall–Kier alpha value is -1.82. The monoisotopic (exact) mass is 262 g/mol. The van der Waals surface area contributed by atoms with Crippen molar-refractivity contribution in [3.05, 3.63) is 33.1 Å². The predicted octanol–water partition coefficient (Wildman–Crippen LogP) is 1.47. The van der Waals surface area contributed by atoms with E-state index in [1.165, 1.54) is 40.6 Å². The Kier molecular flexibility index (Phi) is 2.79. The molecule has 1 amide bonds. The van der Waals surface area contributed by atoms with Crippen molar-refractivity contribution in [3.63, 3.8) is 0 Å². The van der Waals surface area contributed by atoms with E-state index in [9.17, 15) is 4.79 Å². The van der Waals surface area contributed by atoms with Crippen LogP contribution in [0.5, 0.6) is 0 Å². The minimum Gasteiger partial charge on any atom is -0.382 e. The van der Waals surface area contributed by atoms with Crippen LogP contribution in [-0.2, 0) is 19.4 Å². The molecule has 94 valence electrons. The molecule has 0 unspecified atom stereocenters. The maximum Gasteiger partial charge on any atom is 0.269 e. The number of aromatic amines is 1. The number of thiophene rings is 1. The van der Waals surface area contributed by atoms with Gasteiger partial charge in [-0.3, -0.25) is 9.89 Å². The van der Waals surface area contributed by atoms with Gasteiger partial charge in [0.15, 0.2) is 0 Å². The van der Waals surface area contributed by atoms with Crippen LogP contribution >= 0.6 is 11.3 Å². The van der Waals surface area contributed by atoms with Gasteiger partial charge < -0.3 is 11.1 Å². The van der Waals surface area contributed by atoms with Gasteiger partial charge in [0, 0.05) is 15.8 Å². The van der Waals surface area contributed by atoms with Crippen LogP contribution in [0.25, 0.3) is 0 Å². The molecule has 0 aromatic carbocycles. The van der Waals surface area contributed by atoms with Crippen LogP contribution in [0.2, 0.25) is 0 Å². The van der Waals surface area contributed by atoms with Gasteiger partial charge in [-0.05, 0) is 30.9 Å². The molecule has 2 aromatic rings. The van der Waals surface area contributed by atoms with E-state index in [4.69, 9.17) is 5.73 Å². The van der Waals surface area contributed by atoms with Gasteiger partial charge in [-0.2, -0.15) is 5.10 Å². The summed E-state index contributed by atoms with van der Waals surface area (Å²) in [5, 5.41) is 9.19. The SMILES string of the molecule is Nc1cc(C(=O)NCc2cc3c(s2)CCC3)[nH]n1. The molecule has 0 spiro atoms. The molecule has 0 saturated carbocycles. The number of rotatable bonds is 3. The van der Waals surface area contributed by atoms with Crippen LogP contribution < -0.4 is 11.1 Å². The number of nitrogens with one attached hydrogen (secondary N) is 2. The average Bonchev–Trinajstić information content (AvgIpc) is 3.00. The third-order valence-corrected chi connectivity index (χ3v) is 4.30. The third kappa shape index (κ3) is 2.11. The van der Waals surface area contributed by atoms with Gasteiger partial charge >= 0.3 is 0 Å². The van der Waals surface area contributed by atoms with Gasteiger partial charge in [-0.25, -0.2) is 0 Å². The number of carbonyl (C=O) groups is 1. The van der Waals surface area contributed by atoms with E-state index in [1.54, 1.807) is 11.3 Å². The molecule has 0 fully saturated rings. The van der Waals surface area contributed by atoms with Crippen molar-refractivity contribution in [1.82, 2.24) is 15.5 Å². The Morgan fingerprint density at radius 1 is 1.50 bits per heavy atom. The number of nitrogens with zero attached hydrogens (tertiary/aromatic N) is 1. The van der Waals surface area contributed by atoms with Gasteiger partial charge in [-0.1, -0.05) is 0 Å². The maximum atomic E-state index is 11.8. The lowest BCUT2D eigenvalue weighted by Gasteiger charge is -2.00. The van der Waals surface area contributed by atoms with Crippen LogP contribution in [-0.4, -0.2) is 16.1 Å². The number of nitrogens with two attached hydrogens (primary N) is 1. The number of fused-ring (bicyclic) bond motifs is 1. The van der Waals surface area contributed by atoms with Crippen molar-refractivity contribution in [2.45, 2.75) is 25.8 Å². The molecule has 3 rings (SSSR count). The number of H-pyrrole nitrogens is 1. The van der Waals surface area contributed by atoms with Gasteiger partial charge in [0.05, 0.1) is 6.54 Å². The number of nitrogen functional groups attached to an aromatic ring is 1. The predicted molar refractivity (Wildman–Crippen MR) is 70.5 cm³/mol. The number of aromatic nitrogens is 2. The van der Waals surface area contributed by atoms with Crippen molar-refractivity contribution < 1.29 is 4.79 Å². The van der Waals surface area contributed by atoms with Crippen LogP contribution in [0.15, 0.2) is 12.1 Å². The average molecular weight is 262 g/mol. The highest BCUT2D eigenvalue weighted by Crippen LogP contribution is 2.30. The van der Waals surface area contributed by atoms with Crippen molar-refractivity contribution in [2.75, 3.05) is 5.73 Å². The summed E-state index contributed by atoms with van der Waals surface area (Å²) in [7, 11) is 0. The fourth-order valence-corrected chi connectivity index (χ4v) is 3.39. The van der Waals surface area contributed by atoms with E-state index in [0.717, 1.165) is 0 Å². The highest BCUT2D eigenvalue weighted by Gasteiger charge is 2.15. The number of aryl methyl sites for hydroxylation is 2. The summed E-state index contributed by atoms with van der Waals surface area (Å²) in [6.07, 6.45) is 3.63. The Morgan fingerprint density at radius 3 is 3.11 bits per heavy atom. The molecule has 1 aliphatic carbocycles. The molecule has 0 bridgehead atoms. The van der Waals surface area contributed by atoms with Crippen LogP contribution in [0, 0.1) is 0 Å². The van der Waals surface area contributed by atoms with Crippen LogP contribution in [0.1, 0.15) is 32.2 Å². The van der Waals surface area contributed by atoms with E-state index < -0.39 is 0 Å². The quantitative estimate of drug-likeness (QED) is 0.783. The minimum absolute atomic E-state index is 0.173. The van der Waals surface area contributed by atoms with Crippen molar-refractivity contribution in [1.29, 1.82) is 0 Å². The first-order chi connectivity index (χ1) is 8.72. The van der Waals surface area contributed by atoms with Gasteiger partial charge in [-0.15, -0.1) is 11.3 Å². The summed E-state index contributed by atoms with van der Waals surface area (Å²) >= 11 is 1.80. The van der Waals surface area contributed by atoms with Crippen LogP contribution in [0.3, 0.4) is 0 Å². The summed E-state index contributed by atoms with van der Waals surface area (Å²) in [5.74, 6) is 0.156. The standard InChI is InChI=1S/C12H14N4OS/c13-11-5-9(15-16-11)12(17)14-6-8-4-7-2-1-3-10(7)18-8/h4-5H,1-3,6H2,(H,14,17)(H3,13,15,16). The fourth-order valence-electron chi connectivity index (χ4n) is 2.19. The first-order valence-corrected chi connectivity index (χ1v) is 6.73. The molecule has 0 atom stereocenters. The van der Waals surface area contributed by atoms with E-state index in [0.29, 0.717) is 18.1 Å². The topological polar surface area (TPSA) is 83.8 Å². The summed E-state index contributed by atoms with van der Waals surface area (Å²) in [6.45, 7) is 0.565. The summed E-state index contributed by atoms with van der Waals surface area (Å²) in [6, 6.07) is 3.73. The van der Waals surface area contributed by atoms with E-state index in [2.05, 4.69) is 21.6 Å². The van der Waals surface area contributed by atoms with Crippen molar-refractivity contribution >= 4 is 23.1 Å². The molecule has 4 N–H and O–H groups in total. The molecule has 0 aliphatic heterocycles. The zero-order valence-corrected chi connectivity index (χ0v) is 10.6. The molecular formula is C12H14N4OS. The number of amides is 1. The Bertz CT molecular complexity index is 565. The van der Waals surface area contributed by atoms with Gasteiger partial charge in [0.25, 0.3) is 5.91 Å². The molecule has 2 heterocycles. The molecule has 18 heavy (non-hydrogen) atoms. The lowest BCUT2D eigenvalue weighted by Crippen LogP contribution is -2.22. The minimum atomic E-state index is -0.173. The lowest BCUT2D eigenvalue weighted by atomic mass is 10.2. The fraction of sp³-hybridized carbons (Fsp3) is 0.333. The van der Waals surface area contributed by atoms with E-state index in [-0.39, 0.29) is 5.91 Å². The highest BCUT2D eigenvalue weighted by molar-refractivity contribution is 7.12. The molecule has 0 radical (unpaired) electrons. The van der Waals surface area contributed by atoms with E-state index in [1.807, 2.05) is 0 Å². The maximum absolute atomic E-state index is 11.8. The van der Waals surface area contributed by atoms with Gasteiger partial charge in [0.2, 0.25) is 0 Å². The molecule has 0 saturated heterocycles. The first kappa shape index (κ1) is 11.3. The van der Waals surface area contributed by atoms with Crippen LogP contribution in [0.4, 0.5) is 5.82 Å². The van der Waals surface area contributed by atoms with Crippen molar-refractivity contribution in [2.24, 2.45) is 0 Å². The molecular weight excluding hydrogens is 248 g/mol. The molecule has 1 aliphatic rings. The highest BCUT2D eigenvalue weighted by atomic mass is 32.1. The molecule has 5 nitrogen and oxygen atoms in total. The summed E-state index contributed by atoms with van der Waals surface area (Å²) in [4.78, 5) is 14.5. The Balaban J connectivity index is 1.62. The zero-order valence-electron chi connectivity index (χ0n) is 9.82. The largest absolute Gasteiger partial charge is 0.382 e. The summed E-state index contributed by atoms with van der Waals surface area (Å²) in [5.41, 5.74) is 7.31. The number of hydrogen-bond donors (Lipinski definition) is 3. The Labute approximate surface area is 108 Å². The van der Waals surface area contributed by atoms with Crippen molar-refractivity contribution in [3.8, 4) is 0 Å². The first-order valence-electron chi connectivity index (χ1n) is 5.92.